The Morgan fingerprint density at radius 3 is 0.804 bits per heavy atom. The molecule has 0 bridgehead atoms. The zero-order chi connectivity index (χ0) is 61.0. The molecule has 0 saturated heterocycles. The van der Waals surface area contributed by atoms with Crippen molar-refractivity contribution in [2.24, 2.45) is 0 Å². The Morgan fingerprint density at radius 1 is 0.196 bits per heavy atom. The van der Waals surface area contributed by atoms with Gasteiger partial charge in [-0.25, -0.2) is 0 Å². The van der Waals surface area contributed by atoms with Gasteiger partial charge in [-0.05, 0) is 203 Å². The van der Waals surface area contributed by atoms with Gasteiger partial charge in [-0.15, -0.1) is 45.3 Å². The van der Waals surface area contributed by atoms with Crippen LogP contribution < -0.4 is 9.80 Å². The molecule has 4 heterocycles. The Bertz CT molecular complexity index is 5570. The van der Waals surface area contributed by atoms with Gasteiger partial charge >= 0.3 is 0 Å². The van der Waals surface area contributed by atoms with Crippen LogP contribution in [-0.2, 0) is 0 Å². The molecule has 0 atom stereocenters. The summed E-state index contributed by atoms with van der Waals surface area (Å²) in [6.45, 7) is 4.54. The number of aryl methyl sites for hydroxylation is 2. The molecule has 0 unspecified atom stereocenters. The van der Waals surface area contributed by atoms with Crippen molar-refractivity contribution in [3.8, 4) is 55.6 Å². The second-order valence-electron chi connectivity index (χ2n) is 24.0. The van der Waals surface area contributed by atoms with Crippen LogP contribution in [0.4, 0.5) is 34.1 Å². The lowest BCUT2D eigenvalue weighted by atomic mass is 9.96. The molecule has 0 amide bonds. The number of hydrogen-bond donors (Lipinski definition) is 0. The number of benzene rings is 14. The number of thiophene rings is 4. The van der Waals surface area contributed by atoms with Gasteiger partial charge in [0.05, 0.1) is 11.4 Å². The molecule has 0 spiro atoms. The molecule has 18 rings (SSSR count). The van der Waals surface area contributed by atoms with E-state index < -0.39 is 0 Å². The summed E-state index contributed by atoms with van der Waals surface area (Å²) < 4.78 is 10.5. The first-order chi connectivity index (χ1) is 45.4. The summed E-state index contributed by atoms with van der Waals surface area (Å²) in [7, 11) is 0. The summed E-state index contributed by atoms with van der Waals surface area (Å²) in [6, 6.07) is 113. The van der Waals surface area contributed by atoms with E-state index in [9.17, 15) is 0 Å². The van der Waals surface area contributed by atoms with Crippen LogP contribution >= 0.6 is 45.3 Å². The molecule has 4 aromatic heterocycles. The predicted molar refractivity (Wildman–Crippen MR) is 404 cm³/mol. The molecule has 6 heteroatoms. The predicted octanol–water partition coefficient (Wildman–Crippen LogP) is 27.0. The van der Waals surface area contributed by atoms with Crippen molar-refractivity contribution in [1.82, 2.24) is 0 Å². The zero-order valence-corrected chi connectivity index (χ0v) is 53.7. The number of hydrogen-bond acceptors (Lipinski definition) is 6. The highest BCUT2D eigenvalue weighted by molar-refractivity contribution is 7.27. The van der Waals surface area contributed by atoms with E-state index in [0.717, 1.165) is 34.1 Å². The number of anilines is 6. The SMILES string of the molecule is Cc1cc(-c2ccc(N(c3ccc(-c4ccc5sc6ccccc6c5c4)cc3)c3ccccc3-c3ccc4sc5ccccc5c4c3)c(C)c2)ccc1N(c1ccc(-c2ccc3sc4ccccc4c3c2)cc1)c1ccccc1-c1ccc2sc3ccccc3c2c1. The van der Waals surface area contributed by atoms with Gasteiger partial charge < -0.3 is 9.80 Å². The highest BCUT2D eigenvalue weighted by Gasteiger charge is 2.24. The molecule has 0 saturated carbocycles. The third-order valence-corrected chi connectivity index (χ3v) is 23.2. The fraction of sp³-hybridized carbons (Fsp3) is 0.0233. The lowest BCUT2D eigenvalue weighted by molar-refractivity contribution is 1.24. The van der Waals surface area contributed by atoms with Crippen LogP contribution in [0.15, 0.2) is 303 Å². The van der Waals surface area contributed by atoms with Crippen LogP contribution in [0, 0.1) is 13.8 Å². The fourth-order valence-corrected chi connectivity index (χ4v) is 18.4. The second-order valence-corrected chi connectivity index (χ2v) is 28.4. The minimum Gasteiger partial charge on any atom is -0.310 e. The van der Waals surface area contributed by atoms with Gasteiger partial charge in [0.15, 0.2) is 0 Å². The van der Waals surface area contributed by atoms with Gasteiger partial charge in [0.1, 0.15) is 0 Å². The van der Waals surface area contributed by atoms with Gasteiger partial charge in [0, 0.05) is 115 Å². The molecular formula is C86H56N2S4. The van der Waals surface area contributed by atoms with Crippen LogP contribution in [0.1, 0.15) is 11.1 Å². The van der Waals surface area contributed by atoms with Crippen molar-refractivity contribution < 1.29 is 0 Å². The van der Waals surface area contributed by atoms with Crippen molar-refractivity contribution in [2.75, 3.05) is 9.80 Å². The van der Waals surface area contributed by atoms with Gasteiger partial charge in [-0.1, -0.05) is 170 Å². The summed E-state index contributed by atoms with van der Waals surface area (Å²) in [4.78, 5) is 4.94. The van der Waals surface area contributed by atoms with Gasteiger partial charge in [-0.2, -0.15) is 0 Å². The summed E-state index contributed by atoms with van der Waals surface area (Å²) in [6.07, 6.45) is 0. The molecule has 92 heavy (non-hydrogen) atoms. The summed E-state index contributed by atoms with van der Waals surface area (Å²) >= 11 is 7.45. The molecule has 0 fully saturated rings. The van der Waals surface area contributed by atoms with Crippen molar-refractivity contribution in [3.05, 3.63) is 314 Å². The molecule has 18 aromatic rings. The topological polar surface area (TPSA) is 6.48 Å². The molecule has 0 N–H and O–H groups in total. The van der Waals surface area contributed by atoms with Gasteiger partial charge in [0.2, 0.25) is 0 Å². The average Bonchev–Trinajstić information content (AvgIpc) is 1.18. The van der Waals surface area contributed by atoms with E-state index in [4.69, 9.17) is 0 Å². The number of fused-ring (bicyclic) bond motifs is 12. The molecule has 2 nitrogen and oxygen atoms in total. The summed E-state index contributed by atoms with van der Waals surface area (Å²) in [5.74, 6) is 0. The van der Waals surface area contributed by atoms with Crippen LogP contribution in [0.5, 0.6) is 0 Å². The van der Waals surface area contributed by atoms with Gasteiger partial charge in [-0.3, -0.25) is 0 Å². The third-order valence-electron chi connectivity index (χ3n) is 18.5. The Labute approximate surface area is 549 Å². The zero-order valence-electron chi connectivity index (χ0n) is 50.4. The smallest absolute Gasteiger partial charge is 0.0540 e. The van der Waals surface area contributed by atoms with Crippen LogP contribution in [0.2, 0.25) is 0 Å². The van der Waals surface area contributed by atoms with E-state index in [-0.39, 0.29) is 0 Å². The Hall–Kier alpha value is -10.4. The van der Waals surface area contributed by atoms with Crippen LogP contribution in [0.3, 0.4) is 0 Å². The van der Waals surface area contributed by atoms with E-state index in [2.05, 4.69) is 327 Å². The van der Waals surface area contributed by atoms with E-state index in [1.54, 1.807) is 0 Å². The second kappa shape index (κ2) is 22.2. The summed E-state index contributed by atoms with van der Waals surface area (Å²) in [5.41, 5.74) is 20.9. The first-order valence-corrected chi connectivity index (χ1v) is 34.5. The first kappa shape index (κ1) is 54.5. The van der Waals surface area contributed by atoms with Crippen molar-refractivity contribution >= 4 is 160 Å². The fourth-order valence-electron chi connectivity index (χ4n) is 14.0. The van der Waals surface area contributed by atoms with Crippen LogP contribution in [-0.4, -0.2) is 0 Å². The van der Waals surface area contributed by atoms with Crippen LogP contribution in [0.25, 0.3) is 136 Å². The molecule has 0 aliphatic carbocycles. The summed E-state index contributed by atoms with van der Waals surface area (Å²) in [5, 5.41) is 10.4. The molecule has 14 aromatic carbocycles. The molecular weight excluding hydrogens is 1190 g/mol. The minimum absolute atomic E-state index is 1.09. The maximum atomic E-state index is 2.47. The molecule has 0 aliphatic rings. The van der Waals surface area contributed by atoms with Gasteiger partial charge in [0.25, 0.3) is 0 Å². The lowest BCUT2D eigenvalue weighted by Gasteiger charge is -2.30. The Kier molecular flexibility index (Phi) is 13.1. The molecule has 0 aliphatic heterocycles. The van der Waals surface area contributed by atoms with E-state index in [1.807, 2.05) is 45.3 Å². The molecule has 434 valence electrons. The highest BCUT2D eigenvalue weighted by Crippen LogP contribution is 2.49. The molecule has 0 radical (unpaired) electrons. The van der Waals surface area contributed by atoms with Crippen molar-refractivity contribution in [1.29, 1.82) is 0 Å². The number of nitrogens with zero attached hydrogens (tertiary/aromatic N) is 2. The number of rotatable bonds is 11. The standard InChI is InChI=1S/C86H56N2S4/c1-53-47-57(31-41-75(53)87(63-37-27-55(28-38-63)59-33-43-83-71(49-59)67-17-5-11-23-79(67)89-83)77-21-9-3-15-65(77)61-35-45-85-73(51-61)69-19-7-13-25-81(69)91-85)58-32-42-76(54(2)48-58)88(64-39-29-56(30-40-64)60-34-44-84-72(50-60)68-18-6-12-24-80(68)90-84)78-22-10-4-16-66(78)62-36-46-86-74(52-62)70-20-8-14-26-82(70)92-86/h3-52H,1-2H3. The van der Waals surface area contributed by atoms with E-state index >= 15 is 0 Å². The van der Waals surface area contributed by atoms with E-state index in [0.29, 0.717) is 0 Å². The lowest BCUT2D eigenvalue weighted by Crippen LogP contribution is -2.13. The monoisotopic (exact) mass is 1240 g/mol. The third kappa shape index (κ3) is 9.32. The quantitative estimate of drug-likeness (QED) is 0.127. The largest absolute Gasteiger partial charge is 0.310 e. The first-order valence-electron chi connectivity index (χ1n) is 31.3. The number of para-hydroxylation sites is 2. The van der Waals surface area contributed by atoms with Crippen molar-refractivity contribution in [3.63, 3.8) is 0 Å². The highest BCUT2D eigenvalue weighted by atomic mass is 32.1. The average molecular weight is 1250 g/mol. The Morgan fingerprint density at radius 2 is 0.457 bits per heavy atom. The Balaban J connectivity index is 0.737. The minimum atomic E-state index is 1.09. The maximum Gasteiger partial charge on any atom is 0.0540 e. The normalized spacial score (nSPS) is 11.8. The maximum absolute atomic E-state index is 2.47. The van der Waals surface area contributed by atoms with Crippen molar-refractivity contribution in [2.45, 2.75) is 13.8 Å². The van der Waals surface area contributed by atoms with E-state index in [1.165, 1.54) is 147 Å².